The Labute approximate surface area is 81.2 Å². The van der Waals surface area contributed by atoms with Gasteiger partial charge in [-0.2, -0.15) is 14.9 Å². The monoisotopic (exact) mass is 195 g/mol. The van der Waals surface area contributed by atoms with E-state index >= 15 is 0 Å². The molecular weight excluding hydrogens is 185 g/mol. The molecule has 2 aromatic heterocycles. The predicted molar refractivity (Wildman–Crippen MR) is 48.7 cm³/mol. The second-order valence-electron chi connectivity index (χ2n) is 2.56. The summed E-state index contributed by atoms with van der Waals surface area (Å²) in [5, 5.41) is 4.31. The number of anilines is 1. The Bertz CT molecular complexity index is 452. The molecule has 0 saturated carbocycles. The van der Waals surface area contributed by atoms with Crippen molar-refractivity contribution >= 4 is 5.82 Å². The van der Waals surface area contributed by atoms with Crippen molar-refractivity contribution in [3.05, 3.63) is 30.7 Å². The average Bonchev–Trinajstić information content (AvgIpc) is 2.67. The average molecular weight is 195 g/mol. The van der Waals surface area contributed by atoms with E-state index in [1.165, 1.54) is 36.4 Å². The lowest BCUT2D eigenvalue weighted by molar-refractivity contribution is 0.462. The second kappa shape index (κ2) is 3.41. The fraction of sp³-hybridized carbons (Fsp3) is 0.125. The maximum Gasteiger partial charge on any atom is 0.252 e. The molecule has 0 amide bonds. The number of hydrogen-bond donors (Lipinski definition) is 0. The lowest BCUT2D eigenvalue weighted by atomic mass is 10.6. The van der Waals surface area contributed by atoms with Crippen molar-refractivity contribution < 1.29 is 5.85 Å². The zero-order chi connectivity index (χ0) is 10.8. The SMILES string of the molecule is [3H]c1cnc(-n2nccc2N(C)F)nc1. The summed E-state index contributed by atoms with van der Waals surface area (Å²) in [5.74, 6) is 0.461. The van der Waals surface area contributed by atoms with E-state index in [1.807, 2.05) is 0 Å². The molecule has 0 aromatic carbocycles. The van der Waals surface area contributed by atoms with Gasteiger partial charge in [-0.3, -0.25) is 0 Å². The molecule has 6 heteroatoms. The van der Waals surface area contributed by atoms with E-state index in [9.17, 15) is 4.48 Å². The van der Waals surface area contributed by atoms with E-state index in [1.54, 1.807) is 0 Å². The minimum absolute atomic E-state index is 0.195. The van der Waals surface area contributed by atoms with Crippen LogP contribution in [-0.4, -0.2) is 26.8 Å². The van der Waals surface area contributed by atoms with Gasteiger partial charge in [-0.15, -0.1) is 0 Å². The van der Waals surface area contributed by atoms with Gasteiger partial charge in [0.2, 0.25) is 0 Å². The quantitative estimate of drug-likeness (QED) is 0.670. The molecule has 0 spiro atoms. The van der Waals surface area contributed by atoms with Crippen molar-refractivity contribution in [1.29, 1.82) is 0 Å². The molecule has 0 aliphatic carbocycles. The van der Waals surface area contributed by atoms with Gasteiger partial charge in [0.05, 0.1) is 7.57 Å². The number of hydrogen-bond acceptors (Lipinski definition) is 4. The smallest absolute Gasteiger partial charge is 0.220 e. The van der Waals surface area contributed by atoms with Crippen LogP contribution in [0.15, 0.2) is 30.7 Å². The summed E-state index contributed by atoms with van der Waals surface area (Å²) in [7, 11) is 1.26. The maximum atomic E-state index is 13.0. The molecule has 0 N–H and O–H groups in total. The lowest BCUT2D eigenvalue weighted by Crippen LogP contribution is -2.11. The normalized spacial score (nSPS) is 11.1. The molecule has 2 rings (SSSR count). The minimum atomic E-state index is 0.195. The zero-order valence-electron chi connectivity index (χ0n) is 8.42. The topological polar surface area (TPSA) is 46.8 Å². The van der Waals surface area contributed by atoms with Crippen LogP contribution in [0.5, 0.6) is 0 Å². The second-order valence-corrected chi connectivity index (χ2v) is 2.56. The van der Waals surface area contributed by atoms with Gasteiger partial charge in [0.1, 0.15) is 0 Å². The lowest BCUT2D eigenvalue weighted by Gasteiger charge is -2.08. The third kappa shape index (κ3) is 1.41. The molecule has 72 valence electrons. The maximum absolute atomic E-state index is 13.0. The molecule has 2 aromatic rings. The van der Waals surface area contributed by atoms with Gasteiger partial charge in [-0.05, 0) is 6.04 Å². The van der Waals surface area contributed by atoms with Crippen LogP contribution in [0.2, 0.25) is 0 Å². The Balaban J connectivity index is 2.45. The van der Waals surface area contributed by atoms with Crippen LogP contribution in [0.3, 0.4) is 0 Å². The molecule has 0 atom stereocenters. The van der Waals surface area contributed by atoms with Crippen molar-refractivity contribution in [2.75, 3.05) is 12.2 Å². The summed E-state index contributed by atoms with van der Waals surface area (Å²) in [4.78, 5) is 7.74. The Morgan fingerprint density at radius 2 is 2.14 bits per heavy atom. The van der Waals surface area contributed by atoms with Gasteiger partial charge in [0, 0.05) is 25.5 Å². The van der Waals surface area contributed by atoms with Crippen LogP contribution >= 0.6 is 0 Å². The summed E-state index contributed by atoms with van der Waals surface area (Å²) in [6.07, 6.45) is 4.10. The van der Waals surface area contributed by atoms with Gasteiger partial charge in [0.15, 0.2) is 5.82 Å². The fourth-order valence-corrected chi connectivity index (χ4v) is 1.05. The number of aromatic nitrogens is 4. The van der Waals surface area contributed by atoms with Crippen molar-refractivity contribution in [1.82, 2.24) is 19.7 Å². The first-order chi connectivity index (χ1) is 7.18. The Kier molecular flexibility index (Phi) is 1.81. The van der Waals surface area contributed by atoms with Crippen molar-refractivity contribution in [3.63, 3.8) is 0 Å². The van der Waals surface area contributed by atoms with Crippen LogP contribution < -0.4 is 5.12 Å². The molecule has 5 nitrogen and oxygen atoms in total. The fourth-order valence-electron chi connectivity index (χ4n) is 1.05. The van der Waals surface area contributed by atoms with Crippen LogP contribution in [0.25, 0.3) is 5.95 Å². The highest BCUT2D eigenvalue weighted by Gasteiger charge is 2.09. The van der Waals surface area contributed by atoms with E-state index in [4.69, 9.17) is 1.37 Å². The van der Waals surface area contributed by atoms with Gasteiger partial charge in [-0.1, -0.05) is 4.48 Å². The molecule has 0 radical (unpaired) electrons. The summed E-state index contributed by atoms with van der Waals surface area (Å²) in [5.41, 5.74) is 0. The van der Waals surface area contributed by atoms with Crippen molar-refractivity contribution in [2.45, 2.75) is 0 Å². The third-order valence-corrected chi connectivity index (χ3v) is 1.64. The molecule has 0 aliphatic heterocycles. The largest absolute Gasteiger partial charge is 0.252 e. The molecule has 14 heavy (non-hydrogen) atoms. The Morgan fingerprint density at radius 3 is 2.79 bits per heavy atom. The van der Waals surface area contributed by atoms with E-state index < -0.39 is 0 Å². The van der Waals surface area contributed by atoms with E-state index in [0.29, 0.717) is 5.12 Å². The van der Waals surface area contributed by atoms with Gasteiger partial charge in [0.25, 0.3) is 5.95 Å². The Morgan fingerprint density at radius 1 is 1.43 bits per heavy atom. The summed E-state index contributed by atoms with van der Waals surface area (Å²) < 4.78 is 21.4. The third-order valence-electron chi connectivity index (χ3n) is 1.64. The van der Waals surface area contributed by atoms with E-state index in [2.05, 4.69) is 15.1 Å². The highest BCUT2D eigenvalue weighted by Crippen LogP contribution is 2.14. The first-order valence-electron chi connectivity index (χ1n) is 4.41. The number of halogens is 1. The van der Waals surface area contributed by atoms with Crippen LogP contribution in [0.1, 0.15) is 1.37 Å². The molecule has 0 bridgehead atoms. The highest BCUT2D eigenvalue weighted by atomic mass is 19.2. The van der Waals surface area contributed by atoms with Crippen molar-refractivity contribution in [3.8, 4) is 5.95 Å². The first kappa shape index (κ1) is 7.43. The molecule has 2 heterocycles. The van der Waals surface area contributed by atoms with Crippen LogP contribution in [-0.2, 0) is 0 Å². The predicted octanol–water partition coefficient (Wildman–Crippen LogP) is 0.983. The van der Waals surface area contributed by atoms with E-state index in [0.717, 1.165) is 0 Å². The number of rotatable bonds is 2. The Hall–Kier alpha value is -1.98. The summed E-state index contributed by atoms with van der Waals surface area (Å²) in [6, 6.07) is 1.69. The summed E-state index contributed by atoms with van der Waals surface area (Å²) >= 11 is 0. The van der Waals surface area contributed by atoms with Crippen LogP contribution in [0, 0.1) is 0 Å². The van der Waals surface area contributed by atoms with Gasteiger partial charge >= 0.3 is 0 Å². The summed E-state index contributed by atoms with van der Waals surface area (Å²) in [6.45, 7) is 0. The van der Waals surface area contributed by atoms with Crippen molar-refractivity contribution in [2.24, 2.45) is 0 Å². The van der Waals surface area contributed by atoms with Crippen LogP contribution in [0.4, 0.5) is 10.3 Å². The standard InChI is InChI=1S/C8H8FN5/c1-13(9)7-3-6-12-14(7)8-10-4-2-5-11-8/h2-6H,1H3/i2T. The molecule has 0 fully saturated rings. The van der Waals surface area contributed by atoms with Gasteiger partial charge in [-0.25, -0.2) is 9.97 Å². The van der Waals surface area contributed by atoms with Gasteiger partial charge < -0.3 is 0 Å². The highest BCUT2D eigenvalue weighted by molar-refractivity contribution is 5.38. The zero-order valence-corrected chi connectivity index (χ0v) is 7.42. The first-order valence-corrected chi connectivity index (χ1v) is 3.91. The minimum Gasteiger partial charge on any atom is -0.220 e. The van der Waals surface area contributed by atoms with E-state index in [-0.39, 0.29) is 17.8 Å². The molecule has 0 saturated heterocycles. The molecule has 0 aliphatic rings. The molecule has 0 unspecified atom stereocenters. The number of nitrogens with zero attached hydrogens (tertiary/aromatic N) is 5. The molecular formula is C8H8FN5.